The molecule has 0 aliphatic carbocycles. The smallest absolute Gasteiger partial charge is 0.251 e. The molecule has 0 spiro atoms. The molecule has 0 aliphatic rings. The quantitative estimate of drug-likeness (QED) is 0.840. The second kappa shape index (κ2) is 5.67. The Morgan fingerprint density at radius 2 is 1.89 bits per heavy atom. The molecule has 0 bridgehead atoms. The molecule has 1 atom stereocenters. The minimum atomic E-state index is -0.183. The van der Waals surface area contributed by atoms with Crippen LogP contribution in [0, 0.1) is 0 Å². The predicted octanol–water partition coefficient (Wildman–Crippen LogP) is 2.40. The normalized spacial score (nSPS) is 11.8. The van der Waals surface area contributed by atoms with Crippen LogP contribution in [0.3, 0.4) is 0 Å². The van der Waals surface area contributed by atoms with Gasteiger partial charge in [0.2, 0.25) is 0 Å². The molecular weight excluding hydrogens is 260 g/mol. The first-order valence-corrected chi connectivity index (χ1v) is 6.23. The Bertz CT molecular complexity index is 576. The summed E-state index contributed by atoms with van der Waals surface area (Å²) in [5.41, 5.74) is 6.80. The lowest BCUT2D eigenvalue weighted by molar-refractivity contribution is 0.0935. The first kappa shape index (κ1) is 13.3. The van der Waals surface area contributed by atoms with E-state index in [-0.39, 0.29) is 11.9 Å². The summed E-state index contributed by atoms with van der Waals surface area (Å²) in [5, 5.41) is 2.85. The lowest BCUT2D eigenvalue weighted by Crippen LogP contribution is -2.26. The number of thiocarbonyl (C=S) groups is 1. The first-order chi connectivity index (χ1) is 9.08. The number of carbonyl (C=O) groups excluding carboxylic acids is 1. The van der Waals surface area contributed by atoms with Crippen molar-refractivity contribution < 1.29 is 9.21 Å². The Morgan fingerprint density at radius 3 is 2.42 bits per heavy atom. The number of nitrogens with one attached hydrogen (secondary N) is 1. The van der Waals surface area contributed by atoms with Crippen LogP contribution in [0.15, 0.2) is 47.1 Å². The van der Waals surface area contributed by atoms with E-state index in [9.17, 15) is 4.79 Å². The summed E-state index contributed by atoms with van der Waals surface area (Å²) in [6.45, 7) is 1.86. The summed E-state index contributed by atoms with van der Waals surface area (Å²) in [7, 11) is 0. The topological polar surface area (TPSA) is 68.3 Å². The molecule has 0 saturated heterocycles. The fraction of sp³-hybridized carbons (Fsp3) is 0.143. The Labute approximate surface area is 116 Å². The van der Waals surface area contributed by atoms with E-state index < -0.39 is 0 Å². The van der Waals surface area contributed by atoms with E-state index in [1.54, 1.807) is 36.6 Å². The van der Waals surface area contributed by atoms with Gasteiger partial charge < -0.3 is 15.5 Å². The molecule has 98 valence electrons. The van der Waals surface area contributed by atoms with Gasteiger partial charge >= 0.3 is 0 Å². The number of rotatable bonds is 4. The SMILES string of the molecule is CC(NC(=O)c1ccc(C(N)=S)cc1)c1ccco1. The number of furan rings is 1. The van der Waals surface area contributed by atoms with Crippen molar-refractivity contribution >= 4 is 23.1 Å². The molecule has 2 aromatic rings. The summed E-state index contributed by atoms with van der Waals surface area (Å²) in [6.07, 6.45) is 1.58. The van der Waals surface area contributed by atoms with Crippen molar-refractivity contribution in [3.63, 3.8) is 0 Å². The zero-order valence-electron chi connectivity index (χ0n) is 10.4. The number of hydrogen-bond acceptors (Lipinski definition) is 3. The summed E-state index contributed by atoms with van der Waals surface area (Å²) in [6, 6.07) is 10.3. The van der Waals surface area contributed by atoms with Crippen molar-refractivity contribution in [3.8, 4) is 0 Å². The zero-order valence-corrected chi connectivity index (χ0v) is 11.2. The van der Waals surface area contributed by atoms with Gasteiger partial charge in [-0.05, 0) is 31.2 Å². The third kappa shape index (κ3) is 3.20. The zero-order chi connectivity index (χ0) is 13.8. The van der Waals surface area contributed by atoms with Gasteiger partial charge in [-0.3, -0.25) is 4.79 Å². The maximum atomic E-state index is 12.0. The van der Waals surface area contributed by atoms with E-state index in [2.05, 4.69) is 5.32 Å². The van der Waals surface area contributed by atoms with Gasteiger partial charge in [0.1, 0.15) is 10.7 Å². The average Bonchev–Trinajstić information content (AvgIpc) is 2.92. The van der Waals surface area contributed by atoms with Crippen molar-refractivity contribution in [2.24, 2.45) is 5.73 Å². The van der Waals surface area contributed by atoms with E-state index in [0.29, 0.717) is 16.3 Å². The Balaban J connectivity index is 2.05. The maximum Gasteiger partial charge on any atom is 0.251 e. The van der Waals surface area contributed by atoms with Crippen LogP contribution in [-0.4, -0.2) is 10.9 Å². The molecule has 19 heavy (non-hydrogen) atoms. The van der Waals surface area contributed by atoms with Gasteiger partial charge in [0.15, 0.2) is 0 Å². The minimum absolute atomic E-state index is 0.168. The van der Waals surface area contributed by atoms with Crippen LogP contribution in [0.4, 0.5) is 0 Å². The average molecular weight is 274 g/mol. The molecule has 0 saturated carbocycles. The van der Waals surface area contributed by atoms with E-state index in [1.807, 2.05) is 13.0 Å². The largest absolute Gasteiger partial charge is 0.467 e. The number of amides is 1. The lowest BCUT2D eigenvalue weighted by atomic mass is 10.1. The van der Waals surface area contributed by atoms with E-state index in [4.69, 9.17) is 22.4 Å². The summed E-state index contributed by atoms with van der Waals surface area (Å²) in [5.74, 6) is 0.548. The number of carbonyl (C=O) groups is 1. The molecule has 1 aromatic heterocycles. The van der Waals surface area contributed by atoms with Gasteiger partial charge in [0.05, 0.1) is 12.3 Å². The fourth-order valence-corrected chi connectivity index (χ4v) is 1.81. The van der Waals surface area contributed by atoms with Gasteiger partial charge in [-0.25, -0.2) is 0 Å². The highest BCUT2D eigenvalue weighted by molar-refractivity contribution is 7.80. The molecular formula is C14H14N2O2S. The molecule has 0 radical (unpaired) electrons. The van der Waals surface area contributed by atoms with Crippen LogP contribution in [-0.2, 0) is 0 Å². The molecule has 2 rings (SSSR count). The Morgan fingerprint density at radius 1 is 1.26 bits per heavy atom. The third-order valence-corrected chi connectivity index (χ3v) is 2.98. The second-order valence-electron chi connectivity index (χ2n) is 4.15. The molecule has 1 unspecified atom stereocenters. The minimum Gasteiger partial charge on any atom is -0.467 e. The highest BCUT2D eigenvalue weighted by atomic mass is 32.1. The van der Waals surface area contributed by atoms with Gasteiger partial charge in [0, 0.05) is 11.1 Å². The molecule has 0 aliphatic heterocycles. The molecule has 1 amide bonds. The van der Waals surface area contributed by atoms with Crippen LogP contribution in [0.1, 0.15) is 34.6 Å². The molecule has 5 heteroatoms. The van der Waals surface area contributed by atoms with Gasteiger partial charge in [-0.1, -0.05) is 24.4 Å². The summed E-state index contributed by atoms with van der Waals surface area (Å²) < 4.78 is 5.23. The van der Waals surface area contributed by atoms with E-state index >= 15 is 0 Å². The highest BCUT2D eigenvalue weighted by Gasteiger charge is 2.13. The highest BCUT2D eigenvalue weighted by Crippen LogP contribution is 2.13. The van der Waals surface area contributed by atoms with E-state index in [1.165, 1.54) is 0 Å². The third-order valence-electron chi connectivity index (χ3n) is 2.75. The molecule has 0 fully saturated rings. The van der Waals surface area contributed by atoms with E-state index in [0.717, 1.165) is 5.56 Å². The fourth-order valence-electron chi connectivity index (χ4n) is 1.67. The molecule has 1 heterocycles. The first-order valence-electron chi connectivity index (χ1n) is 5.82. The second-order valence-corrected chi connectivity index (χ2v) is 4.59. The van der Waals surface area contributed by atoms with Crippen LogP contribution in [0.2, 0.25) is 0 Å². The number of nitrogens with two attached hydrogens (primary N) is 1. The van der Waals surface area contributed by atoms with Gasteiger partial charge in [-0.15, -0.1) is 0 Å². The van der Waals surface area contributed by atoms with Crippen molar-refractivity contribution in [1.29, 1.82) is 0 Å². The Kier molecular flexibility index (Phi) is 3.97. The van der Waals surface area contributed by atoms with Crippen molar-refractivity contribution in [2.75, 3.05) is 0 Å². The lowest BCUT2D eigenvalue weighted by Gasteiger charge is -2.11. The molecule has 4 nitrogen and oxygen atoms in total. The molecule has 1 aromatic carbocycles. The molecule has 3 N–H and O–H groups in total. The monoisotopic (exact) mass is 274 g/mol. The van der Waals surface area contributed by atoms with Crippen LogP contribution in [0.25, 0.3) is 0 Å². The van der Waals surface area contributed by atoms with Gasteiger partial charge in [-0.2, -0.15) is 0 Å². The van der Waals surface area contributed by atoms with Crippen molar-refractivity contribution in [1.82, 2.24) is 5.32 Å². The van der Waals surface area contributed by atoms with Crippen LogP contribution >= 0.6 is 12.2 Å². The standard InChI is InChI=1S/C14H14N2O2S/c1-9(12-3-2-8-18-12)16-14(17)11-6-4-10(5-7-11)13(15)19/h2-9H,1H3,(H2,15,19)(H,16,17). The maximum absolute atomic E-state index is 12.0. The summed E-state index contributed by atoms with van der Waals surface area (Å²) >= 11 is 4.86. The van der Waals surface area contributed by atoms with Crippen molar-refractivity contribution in [3.05, 3.63) is 59.5 Å². The predicted molar refractivity (Wildman–Crippen MR) is 76.9 cm³/mol. The van der Waals surface area contributed by atoms with Crippen molar-refractivity contribution in [2.45, 2.75) is 13.0 Å². The number of hydrogen-bond donors (Lipinski definition) is 2. The Hall–Kier alpha value is -2.14. The van der Waals surface area contributed by atoms with Crippen LogP contribution < -0.4 is 11.1 Å². The summed E-state index contributed by atoms with van der Waals surface area (Å²) in [4.78, 5) is 12.3. The van der Waals surface area contributed by atoms with Crippen LogP contribution in [0.5, 0.6) is 0 Å². The number of benzene rings is 1. The van der Waals surface area contributed by atoms with Gasteiger partial charge in [0.25, 0.3) is 5.91 Å².